The Morgan fingerprint density at radius 2 is 1.68 bits per heavy atom. The molecule has 25 heavy (non-hydrogen) atoms. The van der Waals surface area contributed by atoms with Crippen molar-refractivity contribution >= 4 is 5.69 Å². The van der Waals surface area contributed by atoms with Crippen molar-refractivity contribution in [1.82, 2.24) is 4.98 Å². The number of aryl methyl sites for hydroxylation is 2. The first-order valence-corrected chi connectivity index (χ1v) is 8.86. The van der Waals surface area contributed by atoms with Crippen molar-refractivity contribution in [3.63, 3.8) is 0 Å². The summed E-state index contributed by atoms with van der Waals surface area (Å²) in [5.74, 6) is 0.404. The molecule has 3 rings (SSSR count). The van der Waals surface area contributed by atoms with Gasteiger partial charge in [0.05, 0.1) is 0 Å². The minimum Gasteiger partial charge on any atom is -0.374 e. The maximum atomic E-state index is 4.54. The number of nitrogens with zero attached hydrogens (tertiary/aromatic N) is 2. The van der Waals surface area contributed by atoms with Gasteiger partial charge in [0.1, 0.15) is 0 Å². The lowest BCUT2D eigenvalue weighted by Crippen LogP contribution is -2.25. The van der Waals surface area contributed by atoms with Gasteiger partial charge in [-0.2, -0.15) is 0 Å². The van der Waals surface area contributed by atoms with E-state index in [-0.39, 0.29) is 0 Å². The standard InChI is InChI=1S/C23H26N2/c1-18-10-12-20(13-11-18)21(16-22-8-4-5-14-24-22)17-25(3)23-9-6-7-19(2)15-23/h4-15,21H,16-17H2,1-3H3. The molecule has 1 atom stereocenters. The van der Waals surface area contributed by atoms with E-state index in [0.29, 0.717) is 5.92 Å². The molecule has 3 aromatic rings. The molecule has 2 aromatic carbocycles. The summed E-state index contributed by atoms with van der Waals surface area (Å²) in [6, 6.07) is 23.8. The van der Waals surface area contributed by atoms with E-state index >= 15 is 0 Å². The SMILES string of the molecule is Cc1ccc(C(Cc2ccccn2)CN(C)c2cccc(C)c2)cc1. The lowest BCUT2D eigenvalue weighted by atomic mass is 9.92. The van der Waals surface area contributed by atoms with E-state index in [1.807, 2.05) is 12.3 Å². The molecule has 0 amide bonds. The predicted octanol–water partition coefficient (Wildman–Crippen LogP) is 5.16. The molecule has 0 aliphatic heterocycles. The Kier molecular flexibility index (Phi) is 5.49. The second-order valence-corrected chi connectivity index (χ2v) is 6.85. The van der Waals surface area contributed by atoms with E-state index in [0.717, 1.165) is 18.7 Å². The Labute approximate surface area is 151 Å². The van der Waals surface area contributed by atoms with Gasteiger partial charge < -0.3 is 4.90 Å². The monoisotopic (exact) mass is 330 g/mol. The summed E-state index contributed by atoms with van der Waals surface area (Å²) < 4.78 is 0. The average molecular weight is 330 g/mol. The third-order valence-electron chi connectivity index (χ3n) is 4.67. The van der Waals surface area contributed by atoms with Gasteiger partial charge in [-0.25, -0.2) is 0 Å². The minimum atomic E-state index is 0.404. The van der Waals surface area contributed by atoms with E-state index in [9.17, 15) is 0 Å². The Morgan fingerprint density at radius 3 is 2.36 bits per heavy atom. The zero-order valence-electron chi connectivity index (χ0n) is 15.3. The molecule has 0 spiro atoms. The second kappa shape index (κ2) is 7.98. The molecule has 0 radical (unpaired) electrons. The van der Waals surface area contributed by atoms with Crippen molar-refractivity contribution in [3.05, 3.63) is 95.3 Å². The summed E-state index contributed by atoms with van der Waals surface area (Å²) in [5.41, 5.74) is 6.37. The Balaban J connectivity index is 1.84. The maximum Gasteiger partial charge on any atom is 0.0410 e. The number of anilines is 1. The number of hydrogen-bond acceptors (Lipinski definition) is 2. The van der Waals surface area contributed by atoms with Crippen molar-refractivity contribution in [3.8, 4) is 0 Å². The molecule has 0 saturated carbocycles. The van der Waals surface area contributed by atoms with Crippen molar-refractivity contribution in [1.29, 1.82) is 0 Å². The zero-order chi connectivity index (χ0) is 17.6. The first-order chi connectivity index (χ1) is 12.1. The van der Waals surface area contributed by atoms with Gasteiger partial charge in [-0.15, -0.1) is 0 Å². The molecule has 2 nitrogen and oxygen atoms in total. The fourth-order valence-electron chi connectivity index (χ4n) is 3.20. The zero-order valence-corrected chi connectivity index (χ0v) is 15.3. The largest absolute Gasteiger partial charge is 0.374 e. The van der Waals surface area contributed by atoms with Crippen LogP contribution in [0.3, 0.4) is 0 Å². The van der Waals surface area contributed by atoms with Crippen LogP contribution in [0.2, 0.25) is 0 Å². The fourth-order valence-corrected chi connectivity index (χ4v) is 3.20. The highest BCUT2D eigenvalue weighted by molar-refractivity contribution is 5.48. The Hall–Kier alpha value is -2.61. The van der Waals surface area contributed by atoms with Crippen LogP contribution in [0, 0.1) is 13.8 Å². The minimum absolute atomic E-state index is 0.404. The van der Waals surface area contributed by atoms with Crippen LogP contribution >= 0.6 is 0 Å². The maximum absolute atomic E-state index is 4.54. The first-order valence-electron chi connectivity index (χ1n) is 8.86. The molecule has 0 fully saturated rings. The van der Waals surface area contributed by atoms with Crippen LogP contribution in [0.15, 0.2) is 72.9 Å². The third-order valence-corrected chi connectivity index (χ3v) is 4.67. The van der Waals surface area contributed by atoms with Crippen LogP contribution in [-0.2, 0) is 6.42 Å². The highest BCUT2D eigenvalue weighted by Gasteiger charge is 2.16. The van der Waals surface area contributed by atoms with Crippen molar-refractivity contribution < 1.29 is 0 Å². The summed E-state index contributed by atoms with van der Waals surface area (Å²) >= 11 is 0. The lowest BCUT2D eigenvalue weighted by Gasteiger charge is -2.26. The van der Waals surface area contributed by atoms with Crippen LogP contribution in [0.25, 0.3) is 0 Å². The molecule has 1 heterocycles. The second-order valence-electron chi connectivity index (χ2n) is 6.85. The molecule has 0 bridgehead atoms. The first kappa shape index (κ1) is 17.2. The smallest absolute Gasteiger partial charge is 0.0410 e. The van der Waals surface area contributed by atoms with Gasteiger partial charge in [0, 0.05) is 37.1 Å². The molecule has 0 saturated heterocycles. The molecular formula is C23H26N2. The molecule has 0 N–H and O–H groups in total. The van der Waals surface area contributed by atoms with Gasteiger partial charge in [-0.1, -0.05) is 48.0 Å². The topological polar surface area (TPSA) is 16.1 Å². The van der Waals surface area contributed by atoms with Gasteiger partial charge in [0.15, 0.2) is 0 Å². The van der Waals surface area contributed by atoms with E-state index in [1.165, 1.54) is 22.4 Å². The number of hydrogen-bond donors (Lipinski definition) is 0. The molecule has 1 aromatic heterocycles. The van der Waals surface area contributed by atoms with E-state index in [2.05, 4.69) is 91.4 Å². The van der Waals surface area contributed by atoms with Crippen molar-refractivity contribution in [2.45, 2.75) is 26.2 Å². The van der Waals surface area contributed by atoms with Crippen LogP contribution in [0.1, 0.15) is 28.3 Å². The van der Waals surface area contributed by atoms with Gasteiger partial charge in [0.25, 0.3) is 0 Å². The van der Waals surface area contributed by atoms with Gasteiger partial charge in [0.2, 0.25) is 0 Å². The van der Waals surface area contributed by atoms with Gasteiger partial charge >= 0.3 is 0 Å². The summed E-state index contributed by atoms with van der Waals surface area (Å²) in [4.78, 5) is 6.88. The normalized spacial score (nSPS) is 12.0. The van der Waals surface area contributed by atoms with Crippen LogP contribution < -0.4 is 4.90 Å². The third kappa shape index (κ3) is 4.69. The number of pyridine rings is 1. The fraction of sp³-hybridized carbons (Fsp3) is 0.261. The summed E-state index contributed by atoms with van der Waals surface area (Å²) in [6.45, 7) is 5.24. The van der Waals surface area contributed by atoms with Crippen molar-refractivity contribution in [2.24, 2.45) is 0 Å². The highest BCUT2D eigenvalue weighted by atomic mass is 15.1. The molecule has 0 aliphatic rings. The highest BCUT2D eigenvalue weighted by Crippen LogP contribution is 2.24. The summed E-state index contributed by atoms with van der Waals surface area (Å²) in [6.07, 6.45) is 2.83. The summed E-state index contributed by atoms with van der Waals surface area (Å²) in [5, 5.41) is 0. The van der Waals surface area contributed by atoms with E-state index in [4.69, 9.17) is 0 Å². The Morgan fingerprint density at radius 1 is 0.880 bits per heavy atom. The van der Waals surface area contributed by atoms with Crippen LogP contribution in [-0.4, -0.2) is 18.6 Å². The lowest BCUT2D eigenvalue weighted by molar-refractivity contribution is 0.658. The number of aromatic nitrogens is 1. The molecule has 0 aliphatic carbocycles. The molecule has 2 heteroatoms. The number of benzene rings is 2. The average Bonchev–Trinajstić information content (AvgIpc) is 2.62. The predicted molar refractivity (Wildman–Crippen MR) is 106 cm³/mol. The Bertz CT molecular complexity index is 794. The van der Waals surface area contributed by atoms with Gasteiger partial charge in [-0.05, 0) is 55.7 Å². The van der Waals surface area contributed by atoms with Crippen molar-refractivity contribution in [2.75, 3.05) is 18.5 Å². The van der Waals surface area contributed by atoms with Gasteiger partial charge in [-0.3, -0.25) is 4.98 Å². The van der Waals surface area contributed by atoms with E-state index < -0.39 is 0 Å². The number of likely N-dealkylation sites (N-methyl/N-ethyl adjacent to an activating group) is 1. The molecule has 1 unspecified atom stereocenters. The van der Waals surface area contributed by atoms with E-state index in [1.54, 1.807) is 0 Å². The molecular weight excluding hydrogens is 304 g/mol. The van der Waals surface area contributed by atoms with Crippen LogP contribution in [0.4, 0.5) is 5.69 Å². The molecule has 128 valence electrons. The van der Waals surface area contributed by atoms with Crippen LogP contribution in [0.5, 0.6) is 0 Å². The number of rotatable bonds is 6. The quantitative estimate of drug-likeness (QED) is 0.620. The summed E-state index contributed by atoms with van der Waals surface area (Å²) in [7, 11) is 2.17.